The molecule has 0 spiro atoms. The number of rotatable bonds is 3. The second-order valence-electron chi connectivity index (χ2n) is 2.76. The van der Waals surface area contributed by atoms with E-state index in [-0.39, 0.29) is 29.5 Å². The first-order valence-electron chi connectivity index (χ1n) is 4.23. The van der Waals surface area contributed by atoms with E-state index in [2.05, 4.69) is 5.32 Å². The molecule has 15 heavy (non-hydrogen) atoms. The lowest BCUT2D eigenvalue weighted by atomic mass is 10.2. The zero-order valence-electron chi connectivity index (χ0n) is 7.76. The molecule has 3 nitrogen and oxygen atoms in total. The van der Waals surface area contributed by atoms with Crippen LogP contribution in [-0.4, -0.2) is 11.8 Å². The van der Waals surface area contributed by atoms with Crippen molar-refractivity contribution in [3.63, 3.8) is 0 Å². The lowest BCUT2D eigenvalue weighted by molar-refractivity contribution is -0.115. The maximum absolute atomic E-state index is 13.1. The maximum atomic E-state index is 13.1. The summed E-state index contributed by atoms with van der Waals surface area (Å²) >= 11 is 5.37. The normalized spacial score (nSPS) is 9.40. The number of hydrogen-bond donors (Lipinski definition) is 1. The molecule has 1 amide bonds. The molecule has 0 aliphatic rings. The number of nitriles is 1. The van der Waals surface area contributed by atoms with Crippen LogP contribution >= 0.6 is 11.6 Å². The molecule has 0 saturated carbocycles. The first-order valence-corrected chi connectivity index (χ1v) is 4.77. The first-order chi connectivity index (χ1) is 7.19. The molecule has 1 aromatic carbocycles. The predicted molar refractivity (Wildman–Crippen MR) is 55.1 cm³/mol. The summed E-state index contributed by atoms with van der Waals surface area (Å²) in [5.41, 5.74) is 0.00744. The molecule has 0 aliphatic heterocycles. The summed E-state index contributed by atoms with van der Waals surface area (Å²) in [6.45, 7) is 0. The molecule has 1 rings (SSSR count). The highest BCUT2D eigenvalue weighted by Crippen LogP contribution is 2.17. The van der Waals surface area contributed by atoms with Gasteiger partial charge in [-0.05, 0) is 12.1 Å². The average molecular weight is 227 g/mol. The Bertz CT molecular complexity index is 414. The Morgan fingerprint density at radius 1 is 1.60 bits per heavy atom. The van der Waals surface area contributed by atoms with Gasteiger partial charge in [0.1, 0.15) is 17.4 Å². The van der Waals surface area contributed by atoms with Crippen molar-refractivity contribution >= 4 is 23.2 Å². The number of carbonyl (C=O) groups is 1. The van der Waals surface area contributed by atoms with Crippen molar-refractivity contribution in [1.29, 1.82) is 5.26 Å². The summed E-state index contributed by atoms with van der Waals surface area (Å²) < 4.78 is 13.1. The molecule has 0 unspecified atom stereocenters. The highest BCUT2D eigenvalue weighted by molar-refractivity contribution is 6.19. The molecule has 0 heterocycles. The summed E-state index contributed by atoms with van der Waals surface area (Å²) in [6, 6.07) is 5.74. The van der Waals surface area contributed by atoms with Crippen LogP contribution in [0.2, 0.25) is 0 Å². The molecule has 0 saturated heterocycles. The third-order valence-electron chi connectivity index (χ3n) is 1.72. The van der Waals surface area contributed by atoms with E-state index in [9.17, 15) is 9.18 Å². The summed E-state index contributed by atoms with van der Waals surface area (Å²) in [7, 11) is 0. The van der Waals surface area contributed by atoms with E-state index in [1.54, 1.807) is 6.07 Å². The van der Waals surface area contributed by atoms with Crippen molar-refractivity contribution in [2.45, 2.75) is 6.42 Å². The number of amides is 1. The number of hydrogen-bond acceptors (Lipinski definition) is 2. The maximum Gasteiger partial charge on any atom is 0.225 e. The second kappa shape index (κ2) is 5.32. The second-order valence-corrected chi connectivity index (χ2v) is 3.14. The summed E-state index contributed by atoms with van der Waals surface area (Å²) in [5, 5.41) is 11.1. The van der Waals surface area contributed by atoms with Crippen LogP contribution in [0.5, 0.6) is 0 Å². The minimum atomic E-state index is -0.652. The van der Waals surface area contributed by atoms with Crippen LogP contribution in [0.15, 0.2) is 18.2 Å². The minimum Gasteiger partial charge on any atom is -0.325 e. The van der Waals surface area contributed by atoms with Gasteiger partial charge in [0.25, 0.3) is 0 Å². The fraction of sp³-hybridized carbons (Fsp3) is 0.200. The van der Waals surface area contributed by atoms with Gasteiger partial charge in [0.05, 0.1) is 5.69 Å². The Balaban J connectivity index is 2.91. The third-order valence-corrected chi connectivity index (χ3v) is 1.91. The van der Waals surface area contributed by atoms with Gasteiger partial charge in [0.15, 0.2) is 0 Å². The monoisotopic (exact) mass is 226 g/mol. The van der Waals surface area contributed by atoms with Crippen LogP contribution in [-0.2, 0) is 4.79 Å². The summed E-state index contributed by atoms with van der Waals surface area (Å²) in [5.74, 6) is -0.809. The minimum absolute atomic E-state index is 0.128. The van der Waals surface area contributed by atoms with Crippen LogP contribution in [0.3, 0.4) is 0 Å². The van der Waals surface area contributed by atoms with Gasteiger partial charge in [-0.2, -0.15) is 5.26 Å². The molecule has 78 valence electrons. The van der Waals surface area contributed by atoms with Crippen molar-refractivity contribution in [2.24, 2.45) is 0 Å². The molecular weight excluding hydrogens is 219 g/mol. The van der Waals surface area contributed by atoms with Crippen molar-refractivity contribution < 1.29 is 9.18 Å². The van der Waals surface area contributed by atoms with Gasteiger partial charge in [0.2, 0.25) is 5.91 Å². The van der Waals surface area contributed by atoms with E-state index in [0.29, 0.717) is 0 Å². The van der Waals surface area contributed by atoms with Gasteiger partial charge in [0, 0.05) is 12.3 Å². The number of halogens is 2. The van der Waals surface area contributed by atoms with E-state index in [0.717, 1.165) is 6.07 Å². The Morgan fingerprint density at radius 3 is 2.93 bits per heavy atom. The standard InChI is InChI=1S/C10H8ClFN2O/c11-5-4-10(15)14-9-3-1-2-8(12)7(9)6-13/h1-3H,4-5H2,(H,14,15). The topological polar surface area (TPSA) is 52.9 Å². The van der Waals surface area contributed by atoms with Crippen molar-refractivity contribution in [3.05, 3.63) is 29.6 Å². The van der Waals surface area contributed by atoms with Crippen molar-refractivity contribution in [2.75, 3.05) is 11.2 Å². The fourth-order valence-corrected chi connectivity index (χ4v) is 1.21. The predicted octanol–water partition coefficient (Wildman–Crippen LogP) is 2.26. The Kier molecular flexibility index (Phi) is 4.07. The highest BCUT2D eigenvalue weighted by atomic mass is 35.5. The van der Waals surface area contributed by atoms with Gasteiger partial charge in [-0.15, -0.1) is 11.6 Å². The lowest BCUT2D eigenvalue weighted by Crippen LogP contribution is -2.13. The molecule has 0 atom stereocenters. The third kappa shape index (κ3) is 2.93. The average Bonchev–Trinajstić information content (AvgIpc) is 2.18. The SMILES string of the molecule is N#Cc1c(F)cccc1NC(=O)CCCl. The van der Waals surface area contributed by atoms with Gasteiger partial charge >= 0.3 is 0 Å². The van der Waals surface area contributed by atoms with E-state index < -0.39 is 5.82 Å². The lowest BCUT2D eigenvalue weighted by Gasteiger charge is -2.05. The largest absolute Gasteiger partial charge is 0.325 e. The van der Waals surface area contributed by atoms with Gasteiger partial charge in [-0.25, -0.2) is 4.39 Å². The molecule has 0 bridgehead atoms. The van der Waals surface area contributed by atoms with Gasteiger partial charge < -0.3 is 5.32 Å². The van der Waals surface area contributed by atoms with Crippen LogP contribution in [0.1, 0.15) is 12.0 Å². The van der Waals surface area contributed by atoms with Crippen molar-refractivity contribution in [3.8, 4) is 6.07 Å². The number of nitrogens with zero attached hydrogens (tertiary/aromatic N) is 1. The van der Waals surface area contributed by atoms with Gasteiger partial charge in [-0.3, -0.25) is 4.79 Å². The van der Waals surface area contributed by atoms with E-state index in [1.807, 2.05) is 0 Å². The Hall–Kier alpha value is -1.60. The zero-order chi connectivity index (χ0) is 11.3. The van der Waals surface area contributed by atoms with Gasteiger partial charge in [-0.1, -0.05) is 6.07 Å². The molecule has 0 radical (unpaired) electrons. The molecule has 0 aromatic heterocycles. The molecular formula is C10H8ClFN2O. The van der Waals surface area contributed by atoms with Crippen LogP contribution in [0, 0.1) is 17.1 Å². The first kappa shape index (κ1) is 11.5. The Labute approximate surface area is 91.5 Å². The zero-order valence-corrected chi connectivity index (χ0v) is 8.51. The molecule has 1 aromatic rings. The molecule has 1 N–H and O–H groups in total. The van der Waals surface area contributed by atoms with Crippen LogP contribution in [0.25, 0.3) is 0 Å². The molecule has 5 heteroatoms. The highest BCUT2D eigenvalue weighted by Gasteiger charge is 2.09. The van der Waals surface area contributed by atoms with E-state index >= 15 is 0 Å². The number of alkyl halides is 1. The number of carbonyl (C=O) groups excluding carboxylic acids is 1. The van der Waals surface area contributed by atoms with E-state index in [4.69, 9.17) is 16.9 Å². The number of anilines is 1. The summed E-state index contributed by atoms with van der Waals surface area (Å²) in [4.78, 5) is 11.2. The Morgan fingerprint density at radius 2 is 2.33 bits per heavy atom. The van der Waals surface area contributed by atoms with Crippen LogP contribution in [0.4, 0.5) is 10.1 Å². The summed E-state index contributed by atoms with van der Waals surface area (Å²) in [6.07, 6.45) is 0.128. The smallest absolute Gasteiger partial charge is 0.225 e. The fourth-order valence-electron chi connectivity index (χ4n) is 1.04. The number of benzene rings is 1. The van der Waals surface area contributed by atoms with Crippen LogP contribution < -0.4 is 5.32 Å². The number of nitrogens with one attached hydrogen (secondary N) is 1. The molecule has 0 fully saturated rings. The quantitative estimate of drug-likeness (QED) is 0.804. The van der Waals surface area contributed by atoms with Crippen molar-refractivity contribution in [1.82, 2.24) is 0 Å². The molecule has 0 aliphatic carbocycles. The van der Waals surface area contributed by atoms with E-state index in [1.165, 1.54) is 12.1 Å².